The summed E-state index contributed by atoms with van der Waals surface area (Å²) in [6, 6.07) is 20.8. The fourth-order valence-electron chi connectivity index (χ4n) is 1.83. The Kier molecular flexibility index (Phi) is 5.55. The summed E-state index contributed by atoms with van der Waals surface area (Å²) in [7, 11) is 0. The van der Waals surface area contributed by atoms with Crippen LogP contribution in [0.25, 0.3) is 0 Å². The molecule has 0 aliphatic rings. The van der Waals surface area contributed by atoms with Gasteiger partial charge in [-0.25, -0.2) is 9.98 Å². The van der Waals surface area contributed by atoms with Crippen molar-refractivity contribution < 1.29 is 0 Å². The van der Waals surface area contributed by atoms with E-state index in [9.17, 15) is 0 Å². The van der Waals surface area contributed by atoms with Crippen molar-refractivity contribution in [2.24, 2.45) is 9.98 Å². The van der Waals surface area contributed by atoms with Crippen molar-refractivity contribution in [1.29, 1.82) is 0 Å². The van der Waals surface area contributed by atoms with Crippen LogP contribution < -0.4 is 0 Å². The minimum Gasteiger partial charge on any atom is -0.225 e. The van der Waals surface area contributed by atoms with Crippen LogP contribution in [-0.4, -0.2) is 12.6 Å². The van der Waals surface area contributed by atoms with E-state index in [-0.39, 0.29) is 0 Å². The third-order valence-electron chi connectivity index (χ3n) is 3.05. The summed E-state index contributed by atoms with van der Waals surface area (Å²) >= 11 is 5.82. The molecule has 0 spiro atoms. The summed E-state index contributed by atoms with van der Waals surface area (Å²) in [5, 5.41) is 0.739. The van der Waals surface area contributed by atoms with Gasteiger partial charge in [-0.1, -0.05) is 61.0 Å². The van der Waals surface area contributed by atoms with Crippen molar-refractivity contribution in [3.8, 4) is 0 Å². The molecule has 0 saturated heterocycles. The van der Waals surface area contributed by atoms with E-state index in [1.165, 1.54) is 5.56 Å². The first-order valence-corrected chi connectivity index (χ1v) is 7.01. The van der Waals surface area contributed by atoms with E-state index in [4.69, 9.17) is 11.6 Å². The molecule has 0 amide bonds. The molecule has 0 saturated carbocycles. The second-order valence-electron chi connectivity index (χ2n) is 4.70. The smallest absolute Gasteiger partial charge is 0.0896 e. The molecule has 2 aromatic rings. The van der Waals surface area contributed by atoms with Crippen LogP contribution in [0.5, 0.6) is 0 Å². The second kappa shape index (κ2) is 7.64. The predicted octanol–water partition coefficient (Wildman–Crippen LogP) is 4.82. The summed E-state index contributed by atoms with van der Waals surface area (Å²) in [6.45, 7) is 3.44. The Hall–Kier alpha value is -1.89. The van der Waals surface area contributed by atoms with E-state index >= 15 is 0 Å². The van der Waals surface area contributed by atoms with Crippen molar-refractivity contribution in [3.63, 3.8) is 0 Å². The van der Waals surface area contributed by atoms with E-state index < -0.39 is 0 Å². The first-order chi connectivity index (χ1) is 9.75. The Labute approximate surface area is 124 Å². The molecule has 0 aliphatic carbocycles. The van der Waals surface area contributed by atoms with Crippen LogP contribution in [0.15, 0.2) is 64.6 Å². The van der Waals surface area contributed by atoms with Crippen LogP contribution in [0.2, 0.25) is 5.02 Å². The standard InChI is InChI=1S/C17H17ClN2/c1-14(16-5-3-2-4-6-16)11-19-13-20-12-15-7-9-17(18)10-8-15/h2-10,14H,11-12H2,1H3. The Morgan fingerprint density at radius 2 is 1.70 bits per heavy atom. The highest BCUT2D eigenvalue weighted by Crippen LogP contribution is 2.14. The van der Waals surface area contributed by atoms with Crippen molar-refractivity contribution in [2.45, 2.75) is 19.4 Å². The van der Waals surface area contributed by atoms with Gasteiger partial charge in [-0.3, -0.25) is 0 Å². The molecule has 2 nitrogen and oxygen atoms in total. The summed E-state index contributed by atoms with van der Waals surface area (Å²) in [5.41, 5.74) is 2.39. The molecule has 0 N–H and O–H groups in total. The quantitative estimate of drug-likeness (QED) is 0.704. The maximum absolute atomic E-state index is 5.82. The number of rotatable bonds is 5. The van der Waals surface area contributed by atoms with E-state index in [0.29, 0.717) is 19.0 Å². The monoisotopic (exact) mass is 284 g/mol. The van der Waals surface area contributed by atoms with E-state index in [1.807, 2.05) is 42.5 Å². The predicted molar refractivity (Wildman–Crippen MR) is 84.7 cm³/mol. The number of hydrogen-bond donors (Lipinski definition) is 0. The van der Waals surface area contributed by atoms with Gasteiger partial charge in [0.15, 0.2) is 0 Å². The molecular weight excluding hydrogens is 268 g/mol. The molecule has 2 aromatic carbocycles. The van der Waals surface area contributed by atoms with Gasteiger partial charge in [0.1, 0.15) is 0 Å². The van der Waals surface area contributed by atoms with Gasteiger partial charge in [0.25, 0.3) is 0 Å². The molecule has 1 unspecified atom stereocenters. The van der Waals surface area contributed by atoms with Crippen LogP contribution in [0.4, 0.5) is 0 Å². The normalized spacial score (nSPS) is 11.5. The molecule has 2 rings (SSSR count). The van der Waals surface area contributed by atoms with Crippen LogP contribution >= 0.6 is 11.6 Å². The Bertz CT molecular complexity index is 584. The highest BCUT2D eigenvalue weighted by Gasteiger charge is 2.02. The Morgan fingerprint density at radius 1 is 1.00 bits per heavy atom. The van der Waals surface area contributed by atoms with Gasteiger partial charge >= 0.3 is 0 Å². The fourth-order valence-corrected chi connectivity index (χ4v) is 1.96. The first-order valence-electron chi connectivity index (χ1n) is 6.63. The van der Waals surface area contributed by atoms with Gasteiger partial charge in [0.05, 0.1) is 19.1 Å². The maximum atomic E-state index is 5.82. The SMILES string of the molecule is CC(CN=C=NCc1ccc(Cl)cc1)c1ccccc1. The maximum Gasteiger partial charge on any atom is 0.0896 e. The van der Waals surface area contributed by atoms with Crippen LogP contribution in [0, 0.1) is 0 Å². The third kappa shape index (κ3) is 4.65. The van der Waals surface area contributed by atoms with Crippen molar-refractivity contribution in [1.82, 2.24) is 0 Å². The summed E-state index contributed by atoms with van der Waals surface area (Å²) in [4.78, 5) is 8.41. The zero-order valence-corrected chi connectivity index (χ0v) is 12.2. The van der Waals surface area contributed by atoms with Crippen LogP contribution in [0.3, 0.4) is 0 Å². The summed E-state index contributed by atoms with van der Waals surface area (Å²) in [6.07, 6.45) is 0. The molecule has 0 bridgehead atoms. The first kappa shape index (κ1) is 14.5. The lowest BCUT2D eigenvalue weighted by Gasteiger charge is -2.06. The highest BCUT2D eigenvalue weighted by atomic mass is 35.5. The molecule has 0 aliphatic heterocycles. The molecule has 0 radical (unpaired) electrons. The van der Waals surface area contributed by atoms with Crippen molar-refractivity contribution >= 4 is 17.6 Å². The van der Waals surface area contributed by atoms with Crippen LogP contribution in [-0.2, 0) is 6.54 Å². The minimum atomic E-state index is 0.384. The average molecular weight is 285 g/mol. The number of nitrogens with zero attached hydrogens (tertiary/aromatic N) is 2. The average Bonchev–Trinajstić information content (AvgIpc) is 2.49. The lowest BCUT2D eigenvalue weighted by molar-refractivity contribution is 0.777. The van der Waals surface area contributed by atoms with Crippen LogP contribution in [0.1, 0.15) is 24.0 Å². The van der Waals surface area contributed by atoms with E-state index in [0.717, 1.165) is 10.6 Å². The third-order valence-corrected chi connectivity index (χ3v) is 3.30. The lowest BCUT2D eigenvalue weighted by Crippen LogP contribution is -1.96. The largest absolute Gasteiger partial charge is 0.225 e. The molecule has 3 heteroatoms. The highest BCUT2D eigenvalue weighted by molar-refractivity contribution is 6.30. The molecule has 102 valence electrons. The summed E-state index contributed by atoms with van der Waals surface area (Å²) in [5.74, 6) is 0.384. The zero-order valence-electron chi connectivity index (χ0n) is 11.5. The molecule has 0 fully saturated rings. The van der Waals surface area contributed by atoms with Gasteiger partial charge < -0.3 is 0 Å². The second-order valence-corrected chi connectivity index (χ2v) is 5.13. The van der Waals surface area contributed by atoms with Gasteiger partial charge in [0.2, 0.25) is 0 Å². The van der Waals surface area contributed by atoms with Gasteiger partial charge in [-0.2, -0.15) is 0 Å². The molecule has 1 atom stereocenters. The Balaban J connectivity index is 1.84. The molecule has 0 aromatic heterocycles. The van der Waals surface area contributed by atoms with Crippen molar-refractivity contribution in [3.05, 3.63) is 70.7 Å². The number of aliphatic imine (C=N–C) groups is 2. The number of halogens is 1. The lowest BCUT2D eigenvalue weighted by atomic mass is 10.0. The Morgan fingerprint density at radius 3 is 2.40 bits per heavy atom. The van der Waals surface area contributed by atoms with E-state index in [1.54, 1.807) is 0 Å². The fraction of sp³-hybridized carbons (Fsp3) is 0.235. The topological polar surface area (TPSA) is 24.7 Å². The van der Waals surface area contributed by atoms with Gasteiger partial charge in [-0.05, 0) is 23.3 Å². The molecule has 20 heavy (non-hydrogen) atoms. The number of benzene rings is 2. The van der Waals surface area contributed by atoms with E-state index in [2.05, 4.69) is 35.0 Å². The summed E-state index contributed by atoms with van der Waals surface area (Å²) < 4.78 is 0. The zero-order chi connectivity index (χ0) is 14.2. The minimum absolute atomic E-state index is 0.384. The van der Waals surface area contributed by atoms with Crippen molar-refractivity contribution in [2.75, 3.05) is 6.54 Å². The van der Waals surface area contributed by atoms with Gasteiger partial charge in [0, 0.05) is 10.9 Å². The molecule has 0 heterocycles. The number of hydrogen-bond acceptors (Lipinski definition) is 2. The van der Waals surface area contributed by atoms with Gasteiger partial charge in [-0.15, -0.1) is 0 Å². The molecular formula is C17H17ClN2.